The van der Waals surface area contributed by atoms with Crippen molar-refractivity contribution in [1.82, 2.24) is 9.88 Å². The predicted octanol–water partition coefficient (Wildman–Crippen LogP) is 2.87. The molecule has 1 atom stereocenters. The van der Waals surface area contributed by atoms with Gasteiger partial charge < -0.3 is 24.0 Å². The van der Waals surface area contributed by atoms with Gasteiger partial charge in [0.15, 0.2) is 0 Å². The number of methoxy groups -OCH3 is 1. The van der Waals surface area contributed by atoms with E-state index in [1.165, 1.54) is 6.20 Å². The molecular formula is C21H24ClN3O4. The second-order valence-corrected chi connectivity index (χ2v) is 7.47. The van der Waals surface area contributed by atoms with Gasteiger partial charge in [0.1, 0.15) is 16.9 Å². The molecule has 4 rings (SSSR count). The minimum absolute atomic E-state index is 0.0374. The molecule has 2 fully saturated rings. The smallest absolute Gasteiger partial charge is 0.255 e. The van der Waals surface area contributed by atoms with Gasteiger partial charge in [0.05, 0.1) is 31.6 Å². The molecule has 0 N–H and O–H groups in total. The first-order chi connectivity index (χ1) is 14.2. The fourth-order valence-corrected chi connectivity index (χ4v) is 3.83. The maximum absolute atomic E-state index is 12.9. The van der Waals surface area contributed by atoms with Crippen molar-refractivity contribution >= 4 is 23.2 Å². The summed E-state index contributed by atoms with van der Waals surface area (Å²) in [5.41, 5.74) is 1.51. The predicted molar refractivity (Wildman–Crippen MR) is 110 cm³/mol. The number of aromatic nitrogens is 1. The average Bonchev–Trinajstić information content (AvgIpc) is 3.28. The van der Waals surface area contributed by atoms with Crippen LogP contribution >= 0.6 is 11.6 Å². The third kappa shape index (κ3) is 4.41. The van der Waals surface area contributed by atoms with Gasteiger partial charge in [-0.05, 0) is 18.2 Å². The van der Waals surface area contributed by atoms with Gasteiger partial charge in [-0.2, -0.15) is 0 Å². The minimum Gasteiger partial charge on any atom is -0.495 e. The number of anilines is 1. The standard InChI is InChI=1S/C21H24ClN3O4/c1-27-19-5-3-2-4-18(19)24-7-9-25(10-8-24)21(26)15-12-17(22)20(23-13-15)29-16-6-11-28-14-16/h2-5,12-13,16H,6-11,14H2,1H3/t16-/m1/s1. The Kier molecular flexibility index (Phi) is 6.06. The summed E-state index contributed by atoms with van der Waals surface area (Å²) in [6.45, 7) is 3.92. The number of pyridine rings is 1. The summed E-state index contributed by atoms with van der Waals surface area (Å²) in [6, 6.07) is 9.56. The lowest BCUT2D eigenvalue weighted by atomic mass is 10.2. The number of benzene rings is 1. The van der Waals surface area contributed by atoms with Crippen LogP contribution in [0.5, 0.6) is 11.6 Å². The maximum Gasteiger partial charge on any atom is 0.255 e. The van der Waals surface area contributed by atoms with Gasteiger partial charge in [0, 0.05) is 38.8 Å². The highest BCUT2D eigenvalue weighted by atomic mass is 35.5. The van der Waals surface area contributed by atoms with Gasteiger partial charge in [-0.15, -0.1) is 0 Å². The summed E-state index contributed by atoms with van der Waals surface area (Å²) in [6.07, 6.45) is 2.31. The van der Waals surface area contributed by atoms with Crippen molar-refractivity contribution in [3.8, 4) is 11.6 Å². The molecule has 0 unspecified atom stereocenters. The van der Waals surface area contributed by atoms with E-state index in [9.17, 15) is 4.79 Å². The molecule has 2 aromatic rings. The lowest BCUT2D eigenvalue weighted by Gasteiger charge is -2.36. The Hall–Kier alpha value is -2.51. The Bertz CT molecular complexity index is 865. The summed E-state index contributed by atoms with van der Waals surface area (Å²) >= 11 is 6.31. The van der Waals surface area contributed by atoms with Gasteiger partial charge in [-0.3, -0.25) is 4.79 Å². The monoisotopic (exact) mass is 417 g/mol. The first kappa shape index (κ1) is 19.8. The van der Waals surface area contributed by atoms with Crippen molar-refractivity contribution in [2.75, 3.05) is 51.4 Å². The number of piperazine rings is 1. The van der Waals surface area contributed by atoms with E-state index in [2.05, 4.69) is 9.88 Å². The van der Waals surface area contributed by atoms with Crippen LogP contribution in [-0.4, -0.2) is 68.4 Å². The largest absolute Gasteiger partial charge is 0.495 e. The Morgan fingerprint density at radius 3 is 2.72 bits per heavy atom. The number of amides is 1. The van der Waals surface area contributed by atoms with Gasteiger partial charge in [-0.25, -0.2) is 4.98 Å². The Morgan fingerprint density at radius 1 is 1.24 bits per heavy atom. The zero-order valence-electron chi connectivity index (χ0n) is 16.3. The molecule has 0 spiro atoms. The van der Waals surface area contributed by atoms with E-state index in [-0.39, 0.29) is 12.0 Å². The second kappa shape index (κ2) is 8.88. The number of para-hydroxylation sites is 2. The van der Waals surface area contributed by atoms with Crippen molar-refractivity contribution < 1.29 is 19.0 Å². The number of hydrogen-bond donors (Lipinski definition) is 0. The first-order valence-corrected chi connectivity index (χ1v) is 10.1. The highest BCUT2D eigenvalue weighted by Gasteiger charge is 2.25. The van der Waals surface area contributed by atoms with Crippen LogP contribution in [-0.2, 0) is 4.74 Å². The summed E-state index contributed by atoms with van der Waals surface area (Å²) in [7, 11) is 1.67. The Balaban J connectivity index is 1.38. The van der Waals surface area contributed by atoms with E-state index in [1.54, 1.807) is 13.2 Å². The molecule has 29 heavy (non-hydrogen) atoms. The Morgan fingerprint density at radius 2 is 2.03 bits per heavy atom. The molecule has 0 bridgehead atoms. The van der Waals surface area contributed by atoms with E-state index in [0.29, 0.717) is 42.8 Å². The van der Waals surface area contributed by atoms with Crippen LogP contribution < -0.4 is 14.4 Å². The SMILES string of the molecule is COc1ccccc1N1CCN(C(=O)c2cnc(O[C@@H]3CCOC3)c(Cl)c2)CC1. The van der Waals surface area contributed by atoms with Crippen LogP contribution in [0, 0.1) is 0 Å². The summed E-state index contributed by atoms with van der Waals surface area (Å²) in [5, 5.41) is 0.343. The van der Waals surface area contributed by atoms with Crippen LogP contribution in [0.2, 0.25) is 5.02 Å². The molecule has 0 saturated carbocycles. The van der Waals surface area contributed by atoms with Gasteiger partial charge in [0.2, 0.25) is 5.88 Å². The zero-order valence-corrected chi connectivity index (χ0v) is 17.1. The molecular weight excluding hydrogens is 394 g/mol. The van der Waals surface area contributed by atoms with E-state index in [1.807, 2.05) is 29.2 Å². The minimum atomic E-state index is -0.0742. The van der Waals surface area contributed by atoms with Crippen LogP contribution in [0.4, 0.5) is 5.69 Å². The van der Waals surface area contributed by atoms with Crippen molar-refractivity contribution in [3.63, 3.8) is 0 Å². The average molecular weight is 418 g/mol. The van der Waals surface area contributed by atoms with Gasteiger partial charge in [-0.1, -0.05) is 23.7 Å². The molecule has 154 valence electrons. The number of nitrogens with zero attached hydrogens (tertiary/aromatic N) is 3. The third-order valence-corrected chi connectivity index (χ3v) is 5.48. The van der Waals surface area contributed by atoms with Crippen molar-refractivity contribution in [2.24, 2.45) is 0 Å². The summed E-state index contributed by atoms with van der Waals surface area (Å²) in [4.78, 5) is 21.2. The normalized spacial score (nSPS) is 19.3. The number of carbonyl (C=O) groups excluding carboxylic acids is 1. The number of hydrogen-bond acceptors (Lipinski definition) is 6. The lowest BCUT2D eigenvalue weighted by molar-refractivity contribution is 0.0746. The molecule has 1 aromatic carbocycles. The van der Waals surface area contributed by atoms with E-state index in [0.717, 1.165) is 30.9 Å². The zero-order chi connectivity index (χ0) is 20.2. The molecule has 1 aromatic heterocycles. The molecule has 8 heteroatoms. The fourth-order valence-electron chi connectivity index (χ4n) is 3.62. The second-order valence-electron chi connectivity index (χ2n) is 7.07. The topological polar surface area (TPSA) is 64.1 Å². The maximum atomic E-state index is 12.9. The van der Waals surface area contributed by atoms with E-state index in [4.69, 9.17) is 25.8 Å². The van der Waals surface area contributed by atoms with Crippen molar-refractivity contribution in [1.29, 1.82) is 0 Å². The Labute approximate surface area is 175 Å². The summed E-state index contributed by atoms with van der Waals surface area (Å²) < 4.78 is 16.5. The van der Waals surface area contributed by atoms with Gasteiger partial charge >= 0.3 is 0 Å². The van der Waals surface area contributed by atoms with Crippen molar-refractivity contribution in [2.45, 2.75) is 12.5 Å². The summed E-state index contributed by atoms with van der Waals surface area (Å²) in [5.74, 6) is 1.11. The third-order valence-electron chi connectivity index (χ3n) is 5.21. The van der Waals surface area contributed by atoms with Crippen LogP contribution in [0.3, 0.4) is 0 Å². The number of ether oxygens (including phenoxy) is 3. The highest BCUT2D eigenvalue weighted by molar-refractivity contribution is 6.32. The number of carbonyl (C=O) groups is 1. The molecule has 7 nitrogen and oxygen atoms in total. The number of rotatable bonds is 5. The van der Waals surface area contributed by atoms with E-state index < -0.39 is 0 Å². The van der Waals surface area contributed by atoms with Crippen molar-refractivity contribution in [3.05, 3.63) is 47.1 Å². The fraction of sp³-hybridized carbons (Fsp3) is 0.429. The molecule has 0 radical (unpaired) electrons. The molecule has 2 aliphatic heterocycles. The molecule has 0 aliphatic carbocycles. The lowest BCUT2D eigenvalue weighted by Crippen LogP contribution is -2.48. The highest BCUT2D eigenvalue weighted by Crippen LogP contribution is 2.29. The number of halogens is 1. The van der Waals surface area contributed by atoms with Crippen LogP contribution in [0.15, 0.2) is 36.5 Å². The van der Waals surface area contributed by atoms with Gasteiger partial charge in [0.25, 0.3) is 5.91 Å². The quantitative estimate of drug-likeness (QED) is 0.745. The molecule has 3 heterocycles. The molecule has 2 saturated heterocycles. The van der Waals surface area contributed by atoms with E-state index >= 15 is 0 Å². The van der Waals surface area contributed by atoms with Crippen LogP contribution in [0.25, 0.3) is 0 Å². The van der Waals surface area contributed by atoms with Crippen LogP contribution in [0.1, 0.15) is 16.8 Å². The molecule has 1 amide bonds. The molecule has 2 aliphatic rings. The first-order valence-electron chi connectivity index (χ1n) is 9.73.